The van der Waals surface area contributed by atoms with E-state index in [1.165, 1.54) is 19.1 Å². The van der Waals surface area contributed by atoms with Gasteiger partial charge in [-0.25, -0.2) is 9.78 Å². The second-order valence-electron chi connectivity index (χ2n) is 6.09. The second-order valence-corrected chi connectivity index (χ2v) is 6.09. The normalized spacial score (nSPS) is 13.0. The summed E-state index contributed by atoms with van der Waals surface area (Å²) in [6, 6.07) is 10.4. The van der Waals surface area contributed by atoms with Gasteiger partial charge in [0.15, 0.2) is 0 Å². The topological polar surface area (TPSA) is 99.6 Å². The molecule has 1 aromatic carbocycles. The molecule has 3 rings (SSSR count). The number of carbonyl (C=O) groups excluding carboxylic acids is 2. The fourth-order valence-electron chi connectivity index (χ4n) is 3.05. The van der Waals surface area contributed by atoms with Crippen LogP contribution in [0.5, 0.6) is 0 Å². The molecule has 26 heavy (non-hydrogen) atoms. The molecule has 0 bridgehead atoms. The van der Waals surface area contributed by atoms with Crippen molar-refractivity contribution in [1.82, 2.24) is 10.3 Å². The molecule has 2 heterocycles. The molecule has 134 valence electrons. The molecule has 0 saturated heterocycles. The summed E-state index contributed by atoms with van der Waals surface area (Å²) < 4.78 is 0. The van der Waals surface area contributed by atoms with Gasteiger partial charge < -0.3 is 15.3 Å². The van der Waals surface area contributed by atoms with Crippen LogP contribution in [0.1, 0.15) is 38.5 Å². The highest BCUT2D eigenvalue weighted by Crippen LogP contribution is 2.26. The number of anilines is 1. The summed E-state index contributed by atoms with van der Waals surface area (Å²) in [5, 5.41) is 11.6. The lowest BCUT2D eigenvalue weighted by Gasteiger charge is -2.29. The predicted octanol–water partition coefficient (Wildman–Crippen LogP) is 1.80. The van der Waals surface area contributed by atoms with Crippen molar-refractivity contribution in [2.45, 2.75) is 19.8 Å². The molecule has 7 heteroatoms. The molecule has 0 aliphatic carbocycles. The van der Waals surface area contributed by atoms with Crippen LogP contribution in [0.2, 0.25) is 0 Å². The van der Waals surface area contributed by atoms with Crippen LogP contribution in [0.15, 0.2) is 36.4 Å². The van der Waals surface area contributed by atoms with Crippen molar-refractivity contribution in [1.29, 1.82) is 0 Å². The first-order valence-corrected chi connectivity index (χ1v) is 8.35. The van der Waals surface area contributed by atoms with E-state index in [1.807, 2.05) is 24.3 Å². The average Bonchev–Trinajstić information content (AvgIpc) is 2.65. The number of hydrogen-bond donors (Lipinski definition) is 2. The number of nitrogens with one attached hydrogen (secondary N) is 1. The second kappa shape index (κ2) is 7.35. The molecule has 1 aromatic heterocycles. The van der Waals surface area contributed by atoms with Crippen LogP contribution < -0.4 is 10.2 Å². The average molecular weight is 353 g/mol. The van der Waals surface area contributed by atoms with E-state index in [0.29, 0.717) is 6.54 Å². The number of carboxylic acid groups (broad SMARTS) is 1. The number of para-hydroxylation sites is 1. The Bertz CT molecular complexity index is 879. The minimum absolute atomic E-state index is 0.0440. The number of fused-ring (bicyclic) bond motifs is 1. The first-order valence-electron chi connectivity index (χ1n) is 8.35. The summed E-state index contributed by atoms with van der Waals surface area (Å²) in [5.41, 5.74) is 2.39. The highest BCUT2D eigenvalue weighted by Gasteiger charge is 2.22. The van der Waals surface area contributed by atoms with Gasteiger partial charge in [-0.2, -0.15) is 0 Å². The molecule has 0 radical (unpaired) electrons. The molecule has 0 saturated carbocycles. The third kappa shape index (κ3) is 3.56. The Morgan fingerprint density at radius 3 is 2.69 bits per heavy atom. The number of pyridine rings is 1. The first kappa shape index (κ1) is 17.6. The molecule has 7 nitrogen and oxygen atoms in total. The number of aryl methyl sites for hydroxylation is 2. The predicted molar refractivity (Wildman–Crippen MR) is 95.4 cm³/mol. The molecule has 2 aromatic rings. The maximum absolute atomic E-state index is 12.5. The summed E-state index contributed by atoms with van der Waals surface area (Å²) >= 11 is 0. The zero-order valence-corrected chi connectivity index (χ0v) is 14.4. The van der Waals surface area contributed by atoms with E-state index in [9.17, 15) is 14.4 Å². The fourth-order valence-corrected chi connectivity index (χ4v) is 3.05. The van der Waals surface area contributed by atoms with Crippen molar-refractivity contribution in [2.75, 3.05) is 18.0 Å². The van der Waals surface area contributed by atoms with E-state index in [2.05, 4.69) is 10.3 Å². The number of carboxylic acids is 1. The van der Waals surface area contributed by atoms with Crippen LogP contribution in [-0.2, 0) is 11.2 Å². The van der Waals surface area contributed by atoms with Gasteiger partial charge in [0.25, 0.3) is 5.91 Å². The lowest BCUT2D eigenvalue weighted by atomic mass is 10.0. The number of amides is 2. The molecular formula is C19H19N3O4. The number of aromatic carboxylic acids is 1. The van der Waals surface area contributed by atoms with E-state index < -0.39 is 11.9 Å². The van der Waals surface area contributed by atoms with Gasteiger partial charge in [0.2, 0.25) is 5.91 Å². The SMILES string of the molecule is Cc1nc(C(=O)NCC(=O)N2CCCc3ccccc32)ccc1C(=O)O. The van der Waals surface area contributed by atoms with E-state index in [4.69, 9.17) is 5.11 Å². The summed E-state index contributed by atoms with van der Waals surface area (Å²) in [6.45, 7) is 2.00. The van der Waals surface area contributed by atoms with Gasteiger partial charge in [0, 0.05) is 12.2 Å². The quantitative estimate of drug-likeness (QED) is 0.873. The lowest BCUT2D eigenvalue weighted by Crippen LogP contribution is -2.42. The summed E-state index contributed by atoms with van der Waals surface area (Å²) in [7, 11) is 0. The van der Waals surface area contributed by atoms with Gasteiger partial charge in [-0.1, -0.05) is 18.2 Å². The Kier molecular flexibility index (Phi) is 4.97. The molecule has 0 spiro atoms. The lowest BCUT2D eigenvalue weighted by molar-refractivity contribution is -0.117. The number of nitrogens with zero attached hydrogens (tertiary/aromatic N) is 2. The maximum Gasteiger partial charge on any atom is 0.337 e. The number of rotatable bonds is 4. The molecule has 1 aliphatic rings. The van der Waals surface area contributed by atoms with Gasteiger partial charge in [-0.05, 0) is 43.5 Å². The van der Waals surface area contributed by atoms with Gasteiger partial charge in [0.05, 0.1) is 17.8 Å². The zero-order chi connectivity index (χ0) is 18.7. The molecule has 2 amide bonds. The van der Waals surface area contributed by atoms with Crippen molar-refractivity contribution >= 4 is 23.5 Å². The monoisotopic (exact) mass is 353 g/mol. The molecule has 0 atom stereocenters. The van der Waals surface area contributed by atoms with E-state index >= 15 is 0 Å². The first-order chi connectivity index (χ1) is 12.5. The standard InChI is InChI=1S/C19H19N3O4/c1-12-14(19(25)26)8-9-15(21-12)18(24)20-11-17(23)22-10-4-6-13-5-2-3-7-16(13)22/h2-3,5,7-9H,4,6,10-11H2,1H3,(H,20,24)(H,25,26). The van der Waals surface area contributed by atoms with Crippen LogP contribution in [-0.4, -0.2) is 41.0 Å². The number of aromatic nitrogens is 1. The molecule has 0 unspecified atom stereocenters. The molecule has 1 aliphatic heterocycles. The summed E-state index contributed by atoms with van der Waals surface area (Å²) in [6.07, 6.45) is 1.82. The fraction of sp³-hybridized carbons (Fsp3) is 0.263. The highest BCUT2D eigenvalue weighted by molar-refractivity contribution is 6.00. The third-order valence-corrected chi connectivity index (χ3v) is 4.36. The Labute approximate surface area is 150 Å². The highest BCUT2D eigenvalue weighted by atomic mass is 16.4. The van der Waals surface area contributed by atoms with Crippen molar-refractivity contribution < 1.29 is 19.5 Å². The molecule has 0 fully saturated rings. The molecule has 2 N–H and O–H groups in total. The largest absolute Gasteiger partial charge is 0.478 e. The zero-order valence-electron chi connectivity index (χ0n) is 14.4. The van der Waals surface area contributed by atoms with Gasteiger partial charge in [-0.15, -0.1) is 0 Å². The third-order valence-electron chi connectivity index (χ3n) is 4.36. The van der Waals surface area contributed by atoms with Crippen molar-refractivity contribution in [3.8, 4) is 0 Å². The van der Waals surface area contributed by atoms with Crippen molar-refractivity contribution in [3.63, 3.8) is 0 Å². The van der Waals surface area contributed by atoms with Gasteiger partial charge in [0.1, 0.15) is 5.69 Å². The van der Waals surface area contributed by atoms with Crippen molar-refractivity contribution in [2.24, 2.45) is 0 Å². The smallest absolute Gasteiger partial charge is 0.337 e. The Morgan fingerprint density at radius 2 is 1.96 bits per heavy atom. The Balaban J connectivity index is 1.66. The van der Waals surface area contributed by atoms with E-state index in [1.54, 1.807) is 4.90 Å². The van der Waals surface area contributed by atoms with Crippen LogP contribution in [0, 0.1) is 6.92 Å². The summed E-state index contributed by atoms with van der Waals surface area (Å²) in [4.78, 5) is 41.4. The maximum atomic E-state index is 12.5. The number of benzene rings is 1. The van der Waals surface area contributed by atoms with E-state index in [-0.39, 0.29) is 29.4 Å². The van der Waals surface area contributed by atoms with Gasteiger partial charge in [-0.3, -0.25) is 9.59 Å². The van der Waals surface area contributed by atoms with Crippen LogP contribution in [0.4, 0.5) is 5.69 Å². The van der Waals surface area contributed by atoms with Crippen LogP contribution in [0.25, 0.3) is 0 Å². The molecular weight excluding hydrogens is 334 g/mol. The minimum atomic E-state index is -1.10. The Morgan fingerprint density at radius 1 is 1.19 bits per heavy atom. The Hall–Kier alpha value is -3.22. The van der Waals surface area contributed by atoms with Crippen LogP contribution >= 0.6 is 0 Å². The minimum Gasteiger partial charge on any atom is -0.478 e. The van der Waals surface area contributed by atoms with Crippen LogP contribution in [0.3, 0.4) is 0 Å². The van der Waals surface area contributed by atoms with E-state index in [0.717, 1.165) is 24.1 Å². The number of carbonyl (C=O) groups is 3. The summed E-state index contributed by atoms with van der Waals surface area (Å²) in [5.74, 6) is -1.80. The van der Waals surface area contributed by atoms with Gasteiger partial charge >= 0.3 is 5.97 Å². The number of hydrogen-bond acceptors (Lipinski definition) is 4. The van der Waals surface area contributed by atoms with Crippen molar-refractivity contribution in [3.05, 3.63) is 58.9 Å².